The normalized spacial score (nSPS) is 19.1. The van der Waals surface area contributed by atoms with Crippen LogP contribution in [0.15, 0.2) is 0 Å². The molecule has 0 aromatic heterocycles. The minimum Gasteiger partial charge on any atom is -0.379 e. The summed E-state index contributed by atoms with van der Waals surface area (Å²) < 4.78 is 10.2. The number of hydrogen-bond acceptors (Lipinski definition) is 4. The summed E-state index contributed by atoms with van der Waals surface area (Å²) in [7, 11) is 0. The van der Waals surface area contributed by atoms with Gasteiger partial charge in [-0.3, -0.25) is 0 Å². The molecule has 1 aliphatic heterocycles. The van der Waals surface area contributed by atoms with Crippen molar-refractivity contribution >= 4 is 12.1 Å². The maximum atomic E-state index is 5.33. The molecule has 0 aromatic rings. The molecule has 1 fully saturated rings. The lowest BCUT2D eigenvalue weighted by Crippen LogP contribution is -2.35. The molecule has 0 radical (unpaired) electrons. The van der Waals surface area contributed by atoms with Crippen molar-refractivity contribution < 1.29 is 4.74 Å². The van der Waals surface area contributed by atoms with Crippen molar-refractivity contribution in [3.05, 3.63) is 0 Å². The molecule has 0 N–H and O–H groups in total. The van der Waals surface area contributed by atoms with Gasteiger partial charge in [0.15, 0.2) is 0 Å². The van der Waals surface area contributed by atoms with Gasteiger partial charge in [-0.1, -0.05) is 13.8 Å². The van der Waals surface area contributed by atoms with Crippen LogP contribution in [-0.2, 0) is 4.74 Å². The van der Waals surface area contributed by atoms with Gasteiger partial charge in [0.1, 0.15) is 0 Å². The van der Waals surface area contributed by atoms with Crippen molar-refractivity contribution in [3.8, 4) is 0 Å². The SMILES string of the molecule is CCCN(CCC)SN1CCOCC1. The molecule has 0 spiro atoms. The molecule has 84 valence electrons. The van der Waals surface area contributed by atoms with Crippen LogP contribution in [0.3, 0.4) is 0 Å². The van der Waals surface area contributed by atoms with Crippen molar-refractivity contribution in [1.29, 1.82) is 0 Å². The minimum atomic E-state index is 0.888. The second-order valence-electron chi connectivity index (χ2n) is 3.55. The second kappa shape index (κ2) is 7.51. The molecule has 0 unspecified atom stereocenters. The minimum absolute atomic E-state index is 0.888. The van der Waals surface area contributed by atoms with Crippen LogP contribution in [0.5, 0.6) is 0 Å². The van der Waals surface area contributed by atoms with Gasteiger partial charge < -0.3 is 4.74 Å². The van der Waals surface area contributed by atoms with Crippen LogP contribution in [-0.4, -0.2) is 48.0 Å². The summed E-state index contributed by atoms with van der Waals surface area (Å²) in [5, 5.41) is 0. The molecule has 1 saturated heterocycles. The van der Waals surface area contributed by atoms with E-state index in [0.717, 1.165) is 26.3 Å². The Hall–Kier alpha value is 0.230. The standard InChI is InChI=1S/C10H22N2OS/c1-3-5-11(6-4-2)14-12-7-9-13-10-8-12/h3-10H2,1-2H3. The van der Waals surface area contributed by atoms with Gasteiger partial charge in [-0.2, -0.15) is 0 Å². The molecular formula is C10H22N2OS. The van der Waals surface area contributed by atoms with E-state index >= 15 is 0 Å². The summed E-state index contributed by atoms with van der Waals surface area (Å²) >= 11 is 1.90. The largest absolute Gasteiger partial charge is 0.379 e. The van der Waals surface area contributed by atoms with Crippen molar-refractivity contribution in [2.45, 2.75) is 26.7 Å². The third-order valence-electron chi connectivity index (χ3n) is 2.15. The van der Waals surface area contributed by atoms with Crippen molar-refractivity contribution in [3.63, 3.8) is 0 Å². The van der Waals surface area contributed by atoms with E-state index in [1.165, 1.54) is 25.9 Å². The maximum absolute atomic E-state index is 5.33. The zero-order valence-corrected chi connectivity index (χ0v) is 10.2. The third-order valence-corrected chi connectivity index (χ3v) is 3.34. The second-order valence-corrected chi connectivity index (χ2v) is 4.75. The zero-order valence-electron chi connectivity index (χ0n) is 9.37. The van der Waals surface area contributed by atoms with Gasteiger partial charge in [-0.05, 0) is 12.8 Å². The van der Waals surface area contributed by atoms with E-state index in [-0.39, 0.29) is 0 Å². The average molecular weight is 218 g/mol. The molecule has 1 aliphatic rings. The quantitative estimate of drug-likeness (QED) is 0.633. The highest BCUT2D eigenvalue weighted by Gasteiger charge is 2.14. The summed E-state index contributed by atoms with van der Waals surface area (Å²) in [6.45, 7) is 10.8. The lowest BCUT2D eigenvalue weighted by atomic mass is 10.4. The molecule has 0 aliphatic carbocycles. The van der Waals surface area contributed by atoms with Crippen LogP contribution in [0.1, 0.15) is 26.7 Å². The highest BCUT2D eigenvalue weighted by molar-refractivity contribution is 7.94. The van der Waals surface area contributed by atoms with E-state index in [9.17, 15) is 0 Å². The van der Waals surface area contributed by atoms with Gasteiger partial charge in [0.05, 0.1) is 13.2 Å². The summed E-state index contributed by atoms with van der Waals surface area (Å²) in [5.41, 5.74) is 0. The van der Waals surface area contributed by atoms with Gasteiger partial charge in [0.25, 0.3) is 0 Å². The molecule has 1 rings (SSSR count). The van der Waals surface area contributed by atoms with Gasteiger partial charge >= 0.3 is 0 Å². The van der Waals surface area contributed by atoms with Crippen LogP contribution in [0.4, 0.5) is 0 Å². The summed E-state index contributed by atoms with van der Waals surface area (Å²) in [6, 6.07) is 0. The Kier molecular flexibility index (Phi) is 6.60. The van der Waals surface area contributed by atoms with Crippen molar-refractivity contribution in [1.82, 2.24) is 8.61 Å². The number of morpholine rings is 1. The molecule has 0 aromatic carbocycles. The zero-order chi connectivity index (χ0) is 10.2. The fourth-order valence-corrected chi connectivity index (χ4v) is 2.65. The van der Waals surface area contributed by atoms with Crippen LogP contribution in [0.2, 0.25) is 0 Å². The lowest BCUT2D eigenvalue weighted by molar-refractivity contribution is 0.0758. The topological polar surface area (TPSA) is 15.7 Å². The Bertz CT molecular complexity index is 134. The van der Waals surface area contributed by atoms with E-state index in [2.05, 4.69) is 22.5 Å². The lowest BCUT2D eigenvalue weighted by Gasteiger charge is -2.30. The third kappa shape index (κ3) is 4.64. The highest BCUT2D eigenvalue weighted by Crippen LogP contribution is 2.18. The monoisotopic (exact) mass is 218 g/mol. The summed E-state index contributed by atoms with van der Waals surface area (Å²) in [6.07, 6.45) is 2.47. The van der Waals surface area contributed by atoms with Gasteiger partial charge in [0, 0.05) is 38.3 Å². The fourth-order valence-electron chi connectivity index (χ4n) is 1.48. The first-order valence-corrected chi connectivity index (χ1v) is 6.35. The predicted octanol–water partition coefficient (Wildman–Crippen LogP) is 2.00. The number of hydrogen-bond donors (Lipinski definition) is 0. The first kappa shape index (κ1) is 12.3. The Morgan fingerprint density at radius 1 is 1.14 bits per heavy atom. The van der Waals surface area contributed by atoms with E-state index in [1.54, 1.807) is 0 Å². The van der Waals surface area contributed by atoms with Crippen molar-refractivity contribution in [2.75, 3.05) is 39.4 Å². The van der Waals surface area contributed by atoms with Crippen LogP contribution < -0.4 is 0 Å². The Morgan fingerprint density at radius 3 is 2.21 bits per heavy atom. The van der Waals surface area contributed by atoms with Crippen molar-refractivity contribution in [2.24, 2.45) is 0 Å². The summed E-state index contributed by atoms with van der Waals surface area (Å²) in [4.78, 5) is 0. The molecule has 0 saturated carbocycles. The van der Waals surface area contributed by atoms with E-state index in [4.69, 9.17) is 4.74 Å². The number of ether oxygens (including phenoxy) is 1. The Labute approximate surface area is 92.0 Å². The van der Waals surface area contributed by atoms with E-state index < -0.39 is 0 Å². The van der Waals surface area contributed by atoms with Gasteiger partial charge in [-0.15, -0.1) is 0 Å². The first-order chi connectivity index (χ1) is 6.86. The Balaban J connectivity index is 2.21. The maximum Gasteiger partial charge on any atom is 0.0603 e. The fraction of sp³-hybridized carbons (Fsp3) is 1.00. The molecule has 0 amide bonds. The van der Waals surface area contributed by atoms with Gasteiger partial charge in [-0.25, -0.2) is 8.61 Å². The first-order valence-electron chi connectivity index (χ1n) is 5.62. The molecule has 14 heavy (non-hydrogen) atoms. The number of nitrogens with zero attached hydrogens (tertiary/aromatic N) is 2. The van der Waals surface area contributed by atoms with Crippen LogP contribution in [0, 0.1) is 0 Å². The van der Waals surface area contributed by atoms with E-state index in [1.807, 2.05) is 12.1 Å². The predicted molar refractivity (Wildman–Crippen MR) is 62.1 cm³/mol. The van der Waals surface area contributed by atoms with Crippen LogP contribution >= 0.6 is 12.1 Å². The summed E-state index contributed by atoms with van der Waals surface area (Å²) in [5.74, 6) is 0. The smallest absolute Gasteiger partial charge is 0.0603 e. The molecular weight excluding hydrogens is 196 g/mol. The highest BCUT2D eigenvalue weighted by atomic mass is 32.2. The molecule has 1 heterocycles. The average Bonchev–Trinajstić information content (AvgIpc) is 2.20. The van der Waals surface area contributed by atoms with Crippen LogP contribution in [0.25, 0.3) is 0 Å². The Morgan fingerprint density at radius 2 is 1.71 bits per heavy atom. The molecule has 4 heteroatoms. The number of rotatable bonds is 6. The molecule has 0 bridgehead atoms. The molecule has 3 nitrogen and oxygen atoms in total. The van der Waals surface area contributed by atoms with E-state index in [0.29, 0.717) is 0 Å². The van der Waals surface area contributed by atoms with Gasteiger partial charge in [0.2, 0.25) is 0 Å². The molecule has 0 atom stereocenters.